The Morgan fingerprint density at radius 1 is 1.00 bits per heavy atom. The highest BCUT2D eigenvalue weighted by molar-refractivity contribution is 9.09. The topological polar surface area (TPSA) is 57.5 Å². The third kappa shape index (κ3) is 2.37. The molecule has 0 aromatic rings. The van der Waals surface area contributed by atoms with Gasteiger partial charge >= 0.3 is 0 Å². The molecule has 2 N–H and O–H groups in total. The first-order chi connectivity index (χ1) is 11.2. The molecule has 6 atom stereocenters. The Kier molecular flexibility index (Phi) is 4.53. The summed E-state index contributed by atoms with van der Waals surface area (Å²) in [5.74, 6) is 0.117. The van der Waals surface area contributed by atoms with Crippen molar-refractivity contribution < 1.29 is 15.0 Å². The van der Waals surface area contributed by atoms with Crippen LogP contribution in [-0.4, -0.2) is 36.9 Å². The minimum atomic E-state index is -1.42. The van der Waals surface area contributed by atoms with Crippen LogP contribution in [0.5, 0.6) is 0 Å². The van der Waals surface area contributed by atoms with E-state index in [4.69, 9.17) is 0 Å². The molecule has 2 saturated carbocycles. The minimum Gasteiger partial charge on any atom is -0.387 e. The van der Waals surface area contributed by atoms with Crippen LogP contribution in [-0.2, 0) is 4.79 Å². The van der Waals surface area contributed by atoms with Crippen LogP contribution in [0.3, 0.4) is 0 Å². The van der Waals surface area contributed by atoms with E-state index in [-0.39, 0.29) is 27.9 Å². The molecule has 3 aliphatic rings. The molecule has 0 bridgehead atoms. The van der Waals surface area contributed by atoms with E-state index in [2.05, 4.69) is 52.6 Å². The van der Waals surface area contributed by atoms with Gasteiger partial charge in [-0.1, -0.05) is 59.6 Å². The lowest BCUT2D eigenvalue weighted by molar-refractivity contribution is -0.203. The second kappa shape index (κ2) is 5.65. The smallest absolute Gasteiger partial charge is 0.159 e. The van der Waals surface area contributed by atoms with Crippen molar-refractivity contribution in [3.8, 4) is 0 Å². The molecule has 3 nitrogen and oxygen atoms in total. The summed E-state index contributed by atoms with van der Waals surface area (Å²) < 4.78 is 0. The molecule has 0 amide bonds. The van der Waals surface area contributed by atoms with Crippen LogP contribution in [0.4, 0.5) is 0 Å². The Labute approximate surface area is 167 Å². The Bertz CT molecular complexity index is 641. The molecule has 0 aliphatic heterocycles. The second-order valence-corrected chi connectivity index (χ2v) is 11.9. The highest BCUT2D eigenvalue weighted by Crippen LogP contribution is 2.64. The van der Waals surface area contributed by atoms with E-state index in [1.165, 1.54) is 0 Å². The van der Waals surface area contributed by atoms with Gasteiger partial charge in [-0.3, -0.25) is 4.79 Å². The maximum absolute atomic E-state index is 13.2. The highest BCUT2D eigenvalue weighted by Gasteiger charge is 2.66. The van der Waals surface area contributed by atoms with Crippen LogP contribution in [0.1, 0.15) is 66.7 Å². The Morgan fingerprint density at radius 2 is 1.56 bits per heavy atom. The summed E-state index contributed by atoms with van der Waals surface area (Å²) in [6.45, 7) is 10.2. The normalized spacial score (nSPS) is 52.7. The summed E-state index contributed by atoms with van der Waals surface area (Å²) in [6, 6.07) is 0. The average Bonchev–Trinajstić information content (AvgIpc) is 2.71. The van der Waals surface area contributed by atoms with E-state index in [0.29, 0.717) is 16.8 Å². The molecule has 0 spiro atoms. The molecule has 0 radical (unpaired) electrons. The van der Waals surface area contributed by atoms with Crippen LogP contribution in [0.25, 0.3) is 0 Å². The van der Waals surface area contributed by atoms with Gasteiger partial charge in [-0.15, -0.1) is 0 Å². The molecule has 0 heterocycles. The first-order valence-corrected chi connectivity index (χ1v) is 11.1. The molecule has 0 aromatic heterocycles. The molecular formula is C20H30Br2O3. The van der Waals surface area contributed by atoms with Crippen molar-refractivity contribution in [3.05, 3.63) is 11.6 Å². The maximum atomic E-state index is 13.2. The quantitative estimate of drug-likeness (QED) is 0.545. The van der Waals surface area contributed by atoms with Crippen molar-refractivity contribution in [2.24, 2.45) is 16.2 Å². The van der Waals surface area contributed by atoms with Gasteiger partial charge in [-0.05, 0) is 44.1 Å². The minimum absolute atomic E-state index is 0.000271. The molecule has 5 heteroatoms. The van der Waals surface area contributed by atoms with Crippen LogP contribution in [0.2, 0.25) is 0 Å². The number of aliphatic hydroxyl groups is 2. The monoisotopic (exact) mass is 476 g/mol. The van der Waals surface area contributed by atoms with E-state index in [1.807, 2.05) is 6.92 Å². The fourth-order valence-electron chi connectivity index (χ4n) is 5.45. The van der Waals surface area contributed by atoms with Gasteiger partial charge in [0.15, 0.2) is 5.78 Å². The lowest BCUT2D eigenvalue weighted by atomic mass is 9.50. The zero-order chi connectivity index (χ0) is 19.1. The van der Waals surface area contributed by atoms with Gasteiger partial charge in [0.05, 0.1) is 5.60 Å². The number of Topliss-reactive ketones (excluding diaryl/α,β-unsaturated/α-hetero) is 1. The zero-order valence-electron chi connectivity index (χ0n) is 15.8. The van der Waals surface area contributed by atoms with Crippen LogP contribution in [0, 0.1) is 16.2 Å². The fourth-order valence-corrected chi connectivity index (χ4v) is 6.92. The molecule has 2 fully saturated rings. The Hall–Kier alpha value is 0.290. The number of hydrogen-bond acceptors (Lipinski definition) is 3. The van der Waals surface area contributed by atoms with Crippen LogP contribution >= 0.6 is 31.9 Å². The zero-order valence-corrected chi connectivity index (χ0v) is 19.0. The molecule has 142 valence electrons. The summed E-state index contributed by atoms with van der Waals surface area (Å²) in [4.78, 5) is 13.6. The number of allylic oxidation sites excluding steroid dienone is 1. The van der Waals surface area contributed by atoms with Gasteiger partial charge in [0, 0.05) is 32.5 Å². The van der Waals surface area contributed by atoms with Crippen molar-refractivity contribution in [1.29, 1.82) is 0 Å². The number of carbonyl (C=O) groups excluding carboxylic acids is 1. The van der Waals surface area contributed by atoms with Gasteiger partial charge in [-0.2, -0.15) is 0 Å². The molecule has 0 unspecified atom stereocenters. The summed E-state index contributed by atoms with van der Waals surface area (Å²) in [5.41, 5.74) is -3.08. The summed E-state index contributed by atoms with van der Waals surface area (Å²) in [7, 11) is 0. The van der Waals surface area contributed by atoms with Gasteiger partial charge in [0.25, 0.3) is 0 Å². The summed E-state index contributed by atoms with van der Waals surface area (Å²) >= 11 is 7.48. The molecule has 25 heavy (non-hydrogen) atoms. The van der Waals surface area contributed by atoms with E-state index in [9.17, 15) is 15.0 Å². The standard InChI is InChI=1S/C20H30Br2O3/c1-16(2)14(21)6-8-17(16,3)12-10-20(25)18(4,11-13(12)23)15(22)7-9-19(20,5)24/h10,14-15,24-25H,6-9,11H2,1-5H3/t14-,15+,17-,18-,19-,20-/m1/s1. The number of halogens is 2. The fraction of sp³-hybridized carbons (Fsp3) is 0.850. The first-order valence-electron chi connectivity index (χ1n) is 9.22. The Balaban J connectivity index is 2.19. The number of fused-ring (bicyclic) bond motifs is 1. The van der Waals surface area contributed by atoms with E-state index in [0.717, 1.165) is 19.3 Å². The first kappa shape index (κ1) is 20.0. The maximum Gasteiger partial charge on any atom is 0.159 e. The van der Waals surface area contributed by atoms with Crippen molar-refractivity contribution in [3.63, 3.8) is 0 Å². The molecule has 3 aliphatic carbocycles. The summed E-state index contributed by atoms with van der Waals surface area (Å²) in [5, 5.41) is 22.8. The molecule has 0 aromatic carbocycles. The third-order valence-corrected chi connectivity index (χ3v) is 11.2. The van der Waals surface area contributed by atoms with Gasteiger partial charge < -0.3 is 10.2 Å². The lowest BCUT2D eigenvalue weighted by Crippen LogP contribution is -2.69. The van der Waals surface area contributed by atoms with E-state index < -0.39 is 16.6 Å². The van der Waals surface area contributed by atoms with Gasteiger partial charge in [-0.25, -0.2) is 0 Å². The number of carbonyl (C=O) groups is 1. The number of alkyl halides is 2. The van der Waals surface area contributed by atoms with E-state index >= 15 is 0 Å². The number of hydrogen-bond donors (Lipinski definition) is 2. The summed E-state index contributed by atoms with van der Waals surface area (Å²) in [6.07, 6.45) is 5.17. The predicted octanol–water partition coefficient (Wildman–Crippen LogP) is 4.52. The van der Waals surface area contributed by atoms with Crippen LogP contribution < -0.4 is 0 Å². The highest BCUT2D eigenvalue weighted by atomic mass is 79.9. The largest absolute Gasteiger partial charge is 0.387 e. The Morgan fingerprint density at radius 3 is 2.08 bits per heavy atom. The molecular weight excluding hydrogens is 448 g/mol. The number of ketones is 1. The van der Waals surface area contributed by atoms with E-state index in [1.54, 1.807) is 13.0 Å². The predicted molar refractivity (Wildman–Crippen MR) is 107 cm³/mol. The van der Waals surface area contributed by atoms with Crippen molar-refractivity contribution in [2.45, 2.75) is 87.6 Å². The second-order valence-electron chi connectivity index (χ2n) is 9.68. The molecule has 3 rings (SSSR count). The number of rotatable bonds is 1. The van der Waals surface area contributed by atoms with Crippen molar-refractivity contribution in [1.82, 2.24) is 0 Å². The van der Waals surface area contributed by atoms with Gasteiger partial charge in [0.2, 0.25) is 0 Å². The van der Waals surface area contributed by atoms with Crippen LogP contribution in [0.15, 0.2) is 11.6 Å². The SMILES string of the molecule is CC1(C)[C@H](Br)CC[C@]1(C)C1=C[C@]2(O)[C@](C)(O)CC[C@H](Br)[C@@]2(C)CC1=O. The third-order valence-electron chi connectivity index (χ3n) is 8.15. The van der Waals surface area contributed by atoms with Crippen molar-refractivity contribution in [2.75, 3.05) is 0 Å². The van der Waals surface area contributed by atoms with Crippen molar-refractivity contribution >= 4 is 37.6 Å². The average molecular weight is 478 g/mol. The van der Waals surface area contributed by atoms with Gasteiger partial charge in [0.1, 0.15) is 5.60 Å². The molecule has 0 saturated heterocycles. The lowest BCUT2D eigenvalue weighted by Gasteiger charge is -2.60.